The second-order valence-electron chi connectivity index (χ2n) is 6.22. The Labute approximate surface area is 144 Å². The molecule has 0 spiro atoms. The Kier molecular flexibility index (Phi) is 15.3. The number of ether oxygens (including phenoxy) is 4. The summed E-state index contributed by atoms with van der Waals surface area (Å²) < 4.78 is 22.4. The van der Waals surface area contributed by atoms with Crippen molar-refractivity contribution in [1.29, 1.82) is 0 Å². The van der Waals surface area contributed by atoms with Crippen molar-refractivity contribution >= 4 is 0 Å². The Balaban J connectivity index is 4.31. The van der Waals surface area contributed by atoms with E-state index in [9.17, 15) is 0 Å². The lowest BCUT2D eigenvalue weighted by atomic mass is 9.93. The van der Waals surface area contributed by atoms with Crippen molar-refractivity contribution < 1.29 is 18.9 Å². The van der Waals surface area contributed by atoms with E-state index < -0.39 is 5.97 Å². The number of hydrogen-bond acceptors (Lipinski definition) is 4. The highest BCUT2D eigenvalue weighted by Crippen LogP contribution is 2.32. The summed E-state index contributed by atoms with van der Waals surface area (Å²) in [6.07, 6.45) is 11.9. The highest BCUT2D eigenvalue weighted by atomic mass is 16.9. The van der Waals surface area contributed by atoms with Crippen LogP contribution in [-0.2, 0) is 18.9 Å². The molecule has 0 aliphatic heterocycles. The Morgan fingerprint density at radius 3 is 1.78 bits per heavy atom. The lowest BCUT2D eigenvalue weighted by Gasteiger charge is -2.36. The molecule has 140 valence electrons. The highest BCUT2D eigenvalue weighted by molar-refractivity contribution is 4.71. The molecule has 0 N–H and O–H groups in total. The maximum atomic E-state index is 5.59. The topological polar surface area (TPSA) is 36.9 Å². The van der Waals surface area contributed by atoms with E-state index in [1.165, 1.54) is 38.5 Å². The minimum Gasteiger partial charge on any atom is -0.381 e. The van der Waals surface area contributed by atoms with Gasteiger partial charge in [-0.3, -0.25) is 0 Å². The molecule has 4 nitrogen and oxygen atoms in total. The molecule has 0 aromatic rings. The van der Waals surface area contributed by atoms with Gasteiger partial charge in [0.25, 0.3) is 5.97 Å². The van der Waals surface area contributed by atoms with Gasteiger partial charge in [0, 0.05) is 40.5 Å². The van der Waals surface area contributed by atoms with E-state index in [0.29, 0.717) is 0 Å². The van der Waals surface area contributed by atoms with Crippen LogP contribution in [0.1, 0.15) is 78.1 Å². The highest BCUT2D eigenvalue weighted by Gasteiger charge is 2.39. The van der Waals surface area contributed by atoms with Gasteiger partial charge in [-0.2, -0.15) is 0 Å². The number of methoxy groups -OCH3 is 3. The van der Waals surface area contributed by atoms with Crippen molar-refractivity contribution in [3.05, 3.63) is 0 Å². The molecule has 0 radical (unpaired) electrons. The molecule has 0 aliphatic carbocycles. The molecule has 0 fully saturated rings. The summed E-state index contributed by atoms with van der Waals surface area (Å²) in [4.78, 5) is 0. The van der Waals surface area contributed by atoms with Gasteiger partial charge in [-0.25, -0.2) is 0 Å². The van der Waals surface area contributed by atoms with Crippen LogP contribution in [0.15, 0.2) is 0 Å². The Hall–Kier alpha value is -0.160. The third-order valence-corrected chi connectivity index (χ3v) is 4.45. The van der Waals surface area contributed by atoms with Gasteiger partial charge in [-0.15, -0.1) is 0 Å². The fourth-order valence-corrected chi connectivity index (χ4v) is 3.10. The zero-order valence-electron chi connectivity index (χ0n) is 16.2. The molecule has 0 aromatic carbocycles. The first-order chi connectivity index (χ1) is 11.2. The first-order valence-corrected chi connectivity index (χ1v) is 9.43. The van der Waals surface area contributed by atoms with Gasteiger partial charge in [-0.05, 0) is 25.7 Å². The number of hydrogen-bond donors (Lipinski definition) is 0. The monoisotopic (exact) mass is 332 g/mol. The lowest BCUT2D eigenvalue weighted by Crippen LogP contribution is -2.44. The Morgan fingerprint density at radius 2 is 1.22 bits per heavy atom. The van der Waals surface area contributed by atoms with Gasteiger partial charge >= 0.3 is 0 Å². The summed E-state index contributed by atoms with van der Waals surface area (Å²) in [7, 11) is 4.98. The Bertz CT molecular complexity index is 233. The lowest BCUT2D eigenvalue weighted by molar-refractivity contribution is -0.380. The molecule has 1 atom stereocenters. The fraction of sp³-hybridized carbons (Fsp3) is 1.00. The molecule has 0 amide bonds. The fourth-order valence-electron chi connectivity index (χ4n) is 3.10. The second-order valence-corrected chi connectivity index (χ2v) is 6.22. The zero-order chi connectivity index (χ0) is 17.4. The molecule has 1 unspecified atom stereocenters. The molecule has 0 heterocycles. The molecule has 0 bridgehead atoms. The van der Waals surface area contributed by atoms with E-state index in [0.717, 1.165) is 38.9 Å². The van der Waals surface area contributed by atoms with Gasteiger partial charge in [0.05, 0.1) is 0 Å². The first kappa shape index (κ1) is 22.8. The van der Waals surface area contributed by atoms with Gasteiger partial charge < -0.3 is 18.9 Å². The normalized spacial score (nSPS) is 13.4. The summed E-state index contributed by atoms with van der Waals surface area (Å²) in [5, 5.41) is 0. The van der Waals surface area contributed by atoms with E-state index in [1.54, 1.807) is 21.3 Å². The largest absolute Gasteiger partial charge is 0.381 e. The summed E-state index contributed by atoms with van der Waals surface area (Å²) in [5.41, 5.74) is 0. The molecule has 0 aromatic heterocycles. The van der Waals surface area contributed by atoms with E-state index in [-0.39, 0.29) is 5.92 Å². The van der Waals surface area contributed by atoms with E-state index >= 15 is 0 Å². The van der Waals surface area contributed by atoms with Crippen LogP contribution in [0.3, 0.4) is 0 Å². The predicted molar refractivity (Wildman–Crippen MR) is 95.6 cm³/mol. The van der Waals surface area contributed by atoms with Crippen LogP contribution >= 0.6 is 0 Å². The predicted octanol–water partition coefficient (Wildman–Crippen LogP) is 5.15. The van der Waals surface area contributed by atoms with Crippen molar-refractivity contribution in [2.24, 2.45) is 5.92 Å². The zero-order valence-corrected chi connectivity index (χ0v) is 16.2. The van der Waals surface area contributed by atoms with Crippen molar-refractivity contribution in [2.45, 2.75) is 84.0 Å². The van der Waals surface area contributed by atoms with Crippen LogP contribution in [0, 0.1) is 5.92 Å². The van der Waals surface area contributed by atoms with Gasteiger partial charge in [-0.1, -0.05) is 52.4 Å². The van der Waals surface area contributed by atoms with Crippen molar-refractivity contribution in [2.75, 3.05) is 34.5 Å². The van der Waals surface area contributed by atoms with E-state index in [2.05, 4.69) is 13.8 Å². The summed E-state index contributed by atoms with van der Waals surface area (Å²) in [5.74, 6) is -0.687. The molecular weight excluding hydrogens is 292 g/mol. The summed E-state index contributed by atoms with van der Waals surface area (Å²) in [6, 6.07) is 0. The van der Waals surface area contributed by atoms with Crippen LogP contribution in [-0.4, -0.2) is 40.5 Å². The molecule has 23 heavy (non-hydrogen) atoms. The summed E-state index contributed by atoms with van der Waals surface area (Å²) >= 11 is 0. The maximum absolute atomic E-state index is 5.59. The first-order valence-electron chi connectivity index (χ1n) is 9.43. The molecule has 0 rings (SSSR count). The van der Waals surface area contributed by atoms with Gasteiger partial charge in [0.2, 0.25) is 0 Å². The minimum atomic E-state index is -0.922. The average Bonchev–Trinajstić information content (AvgIpc) is 2.58. The van der Waals surface area contributed by atoms with Crippen molar-refractivity contribution in [3.63, 3.8) is 0 Å². The molecule has 0 aliphatic rings. The molecule has 0 saturated carbocycles. The second kappa shape index (κ2) is 15.4. The molecule has 0 saturated heterocycles. The van der Waals surface area contributed by atoms with Crippen molar-refractivity contribution in [1.82, 2.24) is 0 Å². The van der Waals surface area contributed by atoms with Crippen LogP contribution in [0.5, 0.6) is 0 Å². The number of unbranched alkanes of at least 4 members (excludes halogenated alkanes) is 5. The standard InChI is InChI=1S/C19H40O4/c1-6-8-9-10-11-12-14-18(15-13-17-23-16-7-2)19(20-3,21-4)22-5/h18H,6-17H2,1-5H3. The minimum absolute atomic E-state index is 0.235. The third-order valence-electron chi connectivity index (χ3n) is 4.45. The maximum Gasteiger partial charge on any atom is 0.285 e. The SMILES string of the molecule is CCCCCCCCC(CCCOCCC)C(OC)(OC)OC. The average molecular weight is 333 g/mol. The van der Waals surface area contributed by atoms with E-state index in [4.69, 9.17) is 18.9 Å². The van der Waals surface area contributed by atoms with Crippen LogP contribution < -0.4 is 0 Å². The van der Waals surface area contributed by atoms with E-state index in [1.807, 2.05) is 0 Å². The Morgan fingerprint density at radius 1 is 0.652 bits per heavy atom. The number of rotatable bonds is 17. The van der Waals surface area contributed by atoms with Crippen LogP contribution in [0.2, 0.25) is 0 Å². The third kappa shape index (κ3) is 9.65. The van der Waals surface area contributed by atoms with Crippen LogP contribution in [0.4, 0.5) is 0 Å². The van der Waals surface area contributed by atoms with Crippen molar-refractivity contribution in [3.8, 4) is 0 Å². The van der Waals surface area contributed by atoms with Gasteiger partial charge in [0.1, 0.15) is 0 Å². The quantitative estimate of drug-likeness (QED) is 0.272. The molecular formula is C19H40O4. The van der Waals surface area contributed by atoms with Gasteiger partial charge in [0.15, 0.2) is 0 Å². The smallest absolute Gasteiger partial charge is 0.285 e. The molecule has 4 heteroatoms. The van der Waals surface area contributed by atoms with Crippen LogP contribution in [0.25, 0.3) is 0 Å². The summed E-state index contributed by atoms with van der Waals surface area (Å²) in [6.45, 7) is 6.02.